The molecule has 1 aliphatic heterocycles. The van der Waals surface area contributed by atoms with Gasteiger partial charge in [0.15, 0.2) is 0 Å². The zero-order chi connectivity index (χ0) is 12.3. The van der Waals surface area contributed by atoms with Gasteiger partial charge in [-0.1, -0.05) is 12.2 Å². The smallest absolute Gasteiger partial charge is 0.341 e. The van der Waals surface area contributed by atoms with Gasteiger partial charge in [-0.05, 0) is 18.6 Å². The standard InChI is InChI=1S/C13H11NO3/c1-16-13(15)11-7-9(8-14)6-10-4-2-3-5-17-12(10)11/h2-3,6-7H,4-5H2,1H3. The number of methoxy groups -OCH3 is 1. The van der Waals surface area contributed by atoms with Crippen LogP contribution < -0.4 is 4.74 Å². The Labute approximate surface area is 99.1 Å². The highest BCUT2D eigenvalue weighted by Gasteiger charge is 2.19. The molecule has 0 fully saturated rings. The van der Waals surface area contributed by atoms with Crippen molar-refractivity contribution >= 4 is 5.97 Å². The fourth-order valence-corrected chi connectivity index (χ4v) is 1.75. The van der Waals surface area contributed by atoms with E-state index in [-0.39, 0.29) is 0 Å². The largest absolute Gasteiger partial charge is 0.488 e. The van der Waals surface area contributed by atoms with E-state index in [1.54, 1.807) is 6.07 Å². The predicted molar refractivity (Wildman–Crippen MR) is 60.8 cm³/mol. The number of benzene rings is 1. The highest BCUT2D eigenvalue weighted by Crippen LogP contribution is 2.29. The normalized spacial score (nSPS) is 12.9. The fourth-order valence-electron chi connectivity index (χ4n) is 1.75. The summed E-state index contributed by atoms with van der Waals surface area (Å²) in [6.07, 6.45) is 4.48. The van der Waals surface area contributed by atoms with Gasteiger partial charge in [-0.25, -0.2) is 4.79 Å². The van der Waals surface area contributed by atoms with Gasteiger partial charge in [0.2, 0.25) is 0 Å². The Balaban J connectivity index is 2.59. The van der Waals surface area contributed by atoms with Gasteiger partial charge in [-0.3, -0.25) is 0 Å². The summed E-state index contributed by atoms with van der Waals surface area (Å²) in [5.74, 6) is 0.0288. The molecule has 4 nitrogen and oxygen atoms in total. The Morgan fingerprint density at radius 3 is 3.00 bits per heavy atom. The summed E-state index contributed by atoms with van der Waals surface area (Å²) < 4.78 is 10.2. The zero-order valence-corrected chi connectivity index (χ0v) is 9.40. The molecule has 0 unspecified atom stereocenters. The quantitative estimate of drug-likeness (QED) is 0.544. The van der Waals surface area contributed by atoms with E-state index >= 15 is 0 Å². The van der Waals surface area contributed by atoms with Crippen molar-refractivity contribution in [1.82, 2.24) is 0 Å². The first-order valence-corrected chi connectivity index (χ1v) is 5.19. The van der Waals surface area contributed by atoms with E-state index in [9.17, 15) is 4.79 Å². The topological polar surface area (TPSA) is 59.3 Å². The summed E-state index contributed by atoms with van der Waals surface area (Å²) in [5, 5.41) is 8.93. The number of rotatable bonds is 1. The van der Waals surface area contributed by atoms with Crippen LogP contribution in [0.3, 0.4) is 0 Å². The molecule has 0 amide bonds. The molecule has 2 rings (SSSR count). The molecule has 0 saturated heterocycles. The Morgan fingerprint density at radius 2 is 2.29 bits per heavy atom. The van der Waals surface area contributed by atoms with Crippen LogP contribution in [0.4, 0.5) is 0 Å². The number of ether oxygens (including phenoxy) is 2. The van der Waals surface area contributed by atoms with Gasteiger partial charge in [0.1, 0.15) is 17.9 Å². The average Bonchev–Trinajstić information content (AvgIpc) is 2.61. The van der Waals surface area contributed by atoms with Crippen molar-refractivity contribution in [3.63, 3.8) is 0 Å². The number of carbonyl (C=O) groups excluding carboxylic acids is 1. The molecule has 0 aliphatic carbocycles. The Kier molecular flexibility index (Phi) is 3.10. The van der Waals surface area contributed by atoms with E-state index in [4.69, 9.17) is 14.7 Å². The summed E-state index contributed by atoms with van der Waals surface area (Å²) in [4.78, 5) is 11.6. The lowest BCUT2D eigenvalue weighted by molar-refractivity contribution is 0.0596. The Hall–Kier alpha value is -2.28. The van der Waals surface area contributed by atoms with E-state index in [1.165, 1.54) is 13.2 Å². The fraction of sp³-hybridized carbons (Fsp3) is 0.231. The number of hydrogen-bond donors (Lipinski definition) is 0. The number of esters is 1. The molecule has 0 bridgehead atoms. The van der Waals surface area contributed by atoms with Crippen molar-refractivity contribution in [2.24, 2.45) is 0 Å². The summed E-state index contributed by atoms with van der Waals surface area (Å²) >= 11 is 0. The minimum atomic E-state index is -0.486. The molecular weight excluding hydrogens is 218 g/mol. The maximum atomic E-state index is 11.6. The number of nitrogens with zero attached hydrogens (tertiary/aromatic N) is 1. The molecule has 0 N–H and O–H groups in total. The van der Waals surface area contributed by atoms with Crippen LogP contribution in [0.15, 0.2) is 24.3 Å². The molecule has 0 aromatic heterocycles. The molecule has 0 saturated carbocycles. The van der Waals surface area contributed by atoms with Crippen LogP contribution in [0.2, 0.25) is 0 Å². The molecule has 17 heavy (non-hydrogen) atoms. The molecule has 86 valence electrons. The summed E-state index contributed by atoms with van der Waals surface area (Å²) in [5.41, 5.74) is 1.58. The molecule has 0 atom stereocenters. The Morgan fingerprint density at radius 1 is 1.47 bits per heavy atom. The van der Waals surface area contributed by atoms with E-state index in [0.29, 0.717) is 29.9 Å². The van der Waals surface area contributed by atoms with E-state index in [1.807, 2.05) is 18.2 Å². The molecule has 1 heterocycles. The first-order chi connectivity index (χ1) is 8.26. The number of nitriles is 1. The lowest BCUT2D eigenvalue weighted by atomic mass is 10.0. The van der Waals surface area contributed by atoms with Crippen LogP contribution in [-0.4, -0.2) is 19.7 Å². The molecule has 1 aromatic carbocycles. The maximum Gasteiger partial charge on any atom is 0.341 e. The summed E-state index contributed by atoms with van der Waals surface area (Å²) in [7, 11) is 1.31. The lowest BCUT2D eigenvalue weighted by Crippen LogP contribution is -2.07. The van der Waals surface area contributed by atoms with Crippen LogP contribution in [0, 0.1) is 11.3 Å². The first kappa shape index (κ1) is 11.2. The highest BCUT2D eigenvalue weighted by atomic mass is 16.5. The molecule has 1 aliphatic rings. The van der Waals surface area contributed by atoms with Crippen LogP contribution in [0.25, 0.3) is 0 Å². The first-order valence-electron chi connectivity index (χ1n) is 5.19. The molecular formula is C13H11NO3. The monoisotopic (exact) mass is 229 g/mol. The van der Waals surface area contributed by atoms with E-state index in [0.717, 1.165) is 5.56 Å². The van der Waals surface area contributed by atoms with Gasteiger partial charge in [0.25, 0.3) is 0 Å². The zero-order valence-electron chi connectivity index (χ0n) is 9.40. The van der Waals surface area contributed by atoms with Gasteiger partial charge in [0, 0.05) is 5.56 Å². The summed E-state index contributed by atoms with van der Waals surface area (Å²) in [6, 6.07) is 5.26. The molecule has 0 radical (unpaired) electrons. The number of fused-ring (bicyclic) bond motifs is 1. The van der Waals surface area contributed by atoms with Gasteiger partial charge in [-0.2, -0.15) is 5.26 Å². The van der Waals surface area contributed by atoms with Gasteiger partial charge < -0.3 is 9.47 Å². The molecule has 1 aromatic rings. The highest BCUT2D eigenvalue weighted by molar-refractivity contribution is 5.93. The third kappa shape index (κ3) is 2.13. The minimum Gasteiger partial charge on any atom is -0.488 e. The molecule has 4 heteroatoms. The Bertz CT molecular complexity index is 526. The second-order valence-electron chi connectivity index (χ2n) is 3.60. The second-order valence-corrected chi connectivity index (χ2v) is 3.60. The minimum absolute atomic E-state index is 0.310. The van der Waals surface area contributed by atoms with Crippen LogP contribution in [0.1, 0.15) is 21.5 Å². The lowest BCUT2D eigenvalue weighted by Gasteiger charge is -2.12. The van der Waals surface area contributed by atoms with Gasteiger partial charge in [-0.15, -0.1) is 0 Å². The van der Waals surface area contributed by atoms with Crippen molar-refractivity contribution in [3.8, 4) is 11.8 Å². The third-order valence-corrected chi connectivity index (χ3v) is 2.53. The van der Waals surface area contributed by atoms with Crippen LogP contribution in [0.5, 0.6) is 5.75 Å². The van der Waals surface area contributed by atoms with Crippen molar-refractivity contribution in [2.75, 3.05) is 13.7 Å². The number of allylic oxidation sites excluding steroid dienone is 1. The van der Waals surface area contributed by atoms with Crippen molar-refractivity contribution in [1.29, 1.82) is 5.26 Å². The predicted octanol–water partition coefficient (Wildman–Crippen LogP) is 1.84. The summed E-state index contributed by atoms with van der Waals surface area (Å²) in [6.45, 7) is 0.420. The van der Waals surface area contributed by atoms with E-state index in [2.05, 4.69) is 0 Å². The van der Waals surface area contributed by atoms with Gasteiger partial charge in [0.05, 0.1) is 18.7 Å². The SMILES string of the molecule is COC(=O)c1cc(C#N)cc2c1OCC=CC2. The molecule has 0 spiro atoms. The third-order valence-electron chi connectivity index (χ3n) is 2.53. The average molecular weight is 229 g/mol. The van der Waals surface area contributed by atoms with E-state index < -0.39 is 5.97 Å². The van der Waals surface area contributed by atoms with Crippen molar-refractivity contribution < 1.29 is 14.3 Å². The van der Waals surface area contributed by atoms with Gasteiger partial charge >= 0.3 is 5.97 Å². The van der Waals surface area contributed by atoms with Crippen LogP contribution in [-0.2, 0) is 11.2 Å². The number of hydrogen-bond acceptors (Lipinski definition) is 4. The van der Waals surface area contributed by atoms with Crippen molar-refractivity contribution in [2.45, 2.75) is 6.42 Å². The van der Waals surface area contributed by atoms with Crippen LogP contribution >= 0.6 is 0 Å². The number of carbonyl (C=O) groups is 1. The second kappa shape index (κ2) is 4.71. The van der Waals surface area contributed by atoms with Crippen molar-refractivity contribution in [3.05, 3.63) is 41.0 Å². The maximum absolute atomic E-state index is 11.6.